The first-order chi connectivity index (χ1) is 5.87. The quantitative estimate of drug-likeness (QED) is 0.738. The fourth-order valence-electron chi connectivity index (χ4n) is 0.955. The fraction of sp³-hybridized carbons (Fsp3) is 1.00. The zero-order valence-electron chi connectivity index (χ0n) is 7.77. The zero-order chi connectivity index (χ0) is 10.5. The number of rotatable bonds is 5. The molecule has 0 saturated carbocycles. The van der Waals surface area contributed by atoms with Gasteiger partial charge in [-0.15, -0.1) is 13.2 Å². The largest absolute Gasteiger partial charge is 0.522 e. The van der Waals surface area contributed by atoms with Crippen LogP contribution in [-0.2, 0) is 4.74 Å². The lowest BCUT2D eigenvalue weighted by atomic mass is 10.00. The summed E-state index contributed by atoms with van der Waals surface area (Å²) in [6.45, 7) is 3.10. The first-order valence-corrected chi connectivity index (χ1v) is 4.25. The molecule has 0 fully saturated rings. The van der Waals surface area contributed by atoms with Gasteiger partial charge in [0.25, 0.3) is 0 Å². The minimum absolute atomic E-state index is 0.160. The van der Waals surface area contributed by atoms with E-state index in [4.69, 9.17) is 0 Å². The molecule has 2 unspecified atom stereocenters. The van der Waals surface area contributed by atoms with E-state index in [1.54, 1.807) is 13.8 Å². The molecule has 0 aliphatic carbocycles. The minimum Gasteiger partial charge on any atom is -0.393 e. The third-order valence-corrected chi connectivity index (χ3v) is 1.91. The highest BCUT2D eigenvalue weighted by Gasteiger charge is 2.29. The molecule has 5 heteroatoms. The van der Waals surface area contributed by atoms with Crippen LogP contribution in [0.2, 0.25) is 0 Å². The lowest BCUT2D eigenvalue weighted by Crippen LogP contribution is -2.21. The second kappa shape index (κ2) is 5.44. The molecule has 1 N–H and O–H groups in total. The molecule has 0 spiro atoms. The summed E-state index contributed by atoms with van der Waals surface area (Å²) < 4.78 is 38.1. The van der Waals surface area contributed by atoms with E-state index in [1.807, 2.05) is 0 Å². The van der Waals surface area contributed by atoms with Crippen molar-refractivity contribution >= 4 is 0 Å². The Balaban J connectivity index is 3.53. The van der Waals surface area contributed by atoms with Gasteiger partial charge in [0.2, 0.25) is 0 Å². The van der Waals surface area contributed by atoms with Crippen molar-refractivity contribution in [1.29, 1.82) is 0 Å². The standard InChI is InChI=1S/C8H15F3O2/c1-3-7(12)6(2)4-5-13-8(9,10)11/h6-7,12H,3-5H2,1-2H3. The average molecular weight is 200 g/mol. The molecule has 13 heavy (non-hydrogen) atoms. The molecule has 0 rings (SSSR count). The maximum absolute atomic E-state index is 11.5. The highest BCUT2D eigenvalue weighted by Crippen LogP contribution is 2.18. The van der Waals surface area contributed by atoms with Gasteiger partial charge in [-0.25, -0.2) is 0 Å². The minimum atomic E-state index is -4.56. The lowest BCUT2D eigenvalue weighted by molar-refractivity contribution is -0.325. The van der Waals surface area contributed by atoms with Gasteiger partial charge in [0.15, 0.2) is 0 Å². The number of alkyl halides is 3. The molecule has 2 atom stereocenters. The van der Waals surface area contributed by atoms with E-state index in [1.165, 1.54) is 0 Å². The van der Waals surface area contributed by atoms with Crippen molar-refractivity contribution in [2.75, 3.05) is 6.61 Å². The SMILES string of the molecule is CCC(O)C(C)CCOC(F)(F)F. The van der Waals surface area contributed by atoms with E-state index in [0.717, 1.165) is 0 Å². The maximum Gasteiger partial charge on any atom is 0.522 e. The molecule has 0 aromatic carbocycles. The van der Waals surface area contributed by atoms with Gasteiger partial charge in [-0.05, 0) is 18.8 Å². The Hall–Kier alpha value is -0.290. The highest BCUT2D eigenvalue weighted by atomic mass is 19.4. The van der Waals surface area contributed by atoms with E-state index < -0.39 is 12.5 Å². The topological polar surface area (TPSA) is 29.5 Å². The van der Waals surface area contributed by atoms with Crippen LogP contribution in [0.1, 0.15) is 26.7 Å². The van der Waals surface area contributed by atoms with Gasteiger partial charge in [-0.1, -0.05) is 13.8 Å². The van der Waals surface area contributed by atoms with Crippen LogP contribution in [0.15, 0.2) is 0 Å². The summed E-state index contributed by atoms with van der Waals surface area (Å²) in [6, 6.07) is 0. The van der Waals surface area contributed by atoms with E-state index in [0.29, 0.717) is 6.42 Å². The average Bonchev–Trinajstić information content (AvgIpc) is 2.00. The Kier molecular flexibility index (Phi) is 5.32. The first-order valence-electron chi connectivity index (χ1n) is 4.25. The number of hydrogen-bond acceptors (Lipinski definition) is 2. The molecule has 0 aromatic rings. The predicted molar refractivity (Wildman–Crippen MR) is 42.1 cm³/mol. The molecule has 0 aliphatic rings. The van der Waals surface area contributed by atoms with Crippen LogP contribution in [0.4, 0.5) is 13.2 Å². The predicted octanol–water partition coefficient (Wildman–Crippen LogP) is 2.32. The molecule has 0 heterocycles. The lowest BCUT2D eigenvalue weighted by Gasteiger charge is -2.17. The third-order valence-electron chi connectivity index (χ3n) is 1.91. The van der Waals surface area contributed by atoms with E-state index in [-0.39, 0.29) is 18.9 Å². The normalized spacial score (nSPS) is 17.1. The van der Waals surface area contributed by atoms with Gasteiger partial charge in [0, 0.05) is 0 Å². The monoisotopic (exact) mass is 200 g/mol. The van der Waals surface area contributed by atoms with Crippen molar-refractivity contribution in [3.63, 3.8) is 0 Å². The summed E-state index contributed by atoms with van der Waals surface area (Å²) >= 11 is 0. The maximum atomic E-state index is 11.5. The van der Waals surface area contributed by atoms with Crippen molar-refractivity contribution in [2.24, 2.45) is 5.92 Å². The number of aliphatic hydroxyl groups excluding tert-OH is 1. The zero-order valence-corrected chi connectivity index (χ0v) is 7.77. The molecule has 0 saturated heterocycles. The van der Waals surface area contributed by atoms with Crippen LogP contribution in [0.5, 0.6) is 0 Å². The molecule has 0 radical (unpaired) electrons. The van der Waals surface area contributed by atoms with Gasteiger partial charge in [0.05, 0.1) is 12.7 Å². The first kappa shape index (κ1) is 12.7. The van der Waals surface area contributed by atoms with Crippen molar-refractivity contribution < 1.29 is 23.0 Å². The Morgan fingerprint density at radius 2 is 1.92 bits per heavy atom. The summed E-state index contributed by atoms with van der Waals surface area (Å²) in [6.07, 6.45) is -4.34. The fourth-order valence-corrected chi connectivity index (χ4v) is 0.955. The van der Waals surface area contributed by atoms with Crippen LogP contribution in [-0.4, -0.2) is 24.2 Å². The van der Waals surface area contributed by atoms with E-state index >= 15 is 0 Å². The third kappa shape index (κ3) is 6.83. The summed E-state index contributed by atoms with van der Waals surface area (Å²) in [5.74, 6) is -0.160. The molecular weight excluding hydrogens is 185 g/mol. The van der Waals surface area contributed by atoms with Crippen molar-refractivity contribution in [2.45, 2.75) is 39.2 Å². The second-order valence-corrected chi connectivity index (χ2v) is 3.04. The van der Waals surface area contributed by atoms with Crippen molar-refractivity contribution in [3.05, 3.63) is 0 Å². The van der Waals surface area contributed by atoms with Crippen LogP contribution >= 0.6 is 0 Å². The van der Waals surface area contributed by atoms with Crippen molar-refractivity contribution in [1.82, 2.24) is 0 Å². The second-order valence-electron chi connectivity index (χ2n) is 3.04. The van der Waals surface area contributed by atoms with Gasteiger partial charge < -0.3 is 5.11 Å². The number of hydrogen-bond donors (Lipinski definition) is 1. The molecule has 0 bridgehead atoms. The van der Waals surface area contributed by atoms with Gasteiger partial charge >= 0.3 is 6.36 Å². The molecule has 80 valence electrons. The molecule has 0 amide bonds. The van der Waals surface area contributed by atoms with Crippen LogP contribution < -0.4 is 0 Å². The Morgan fingerprint density at radius 1 is 1.38 bits per heavy atom. The molecule has 0 aliphatic heterocycles. The number of aliphatic hydroxyl groups is 1. The van der Waals surface area contributed by atoms with E-state index in [2.05, 4.69) is 4.74 Å². The Labute approximate surface area is 75.7 Å². The molecule has 2 nitrogen and oxygen atoms in total. The summed E-state index contributed by atoms with van der Waals surface area (Å²) in [7, 11) is 0. The summed E-state index contributed by atoms with van der Waals surface area (Å²) in [5, 5.41) is 9.22. The van der Waals surface area contributed by atoms with Crippen molar-refractivity contribution in [3.8, 4) is 0 Å². The summed E-state index contributed by atoms with van der Waals surface area (Å²) in [4.78, 5) is 0. The van der Waals surface area contributed by atoms with Crippen LogP contribution in [0.25, 0.3) is 0 Å². The van der Waals surface area contributed by atoms with Gasteiger partial charge in [0.1, 0.15) is 0 Å². The van der Waals surface area contributed by atoms with Crippen LogP contribution in [0.3, 0.4) is 0 Å². The summed E-state index contributed by atoms with van der Waals surface area (Å²) in [5.41, 5.74) is 0. The van der Waals surface area contributed by atoms with E-state index in [9.17, 15) is 18.3 Å². The molecule has 0 aromatic heterocycles. The Bertz CT molecular complexity index is 136. The molecular formula is C8H15F3O2. The smallest absolute Gasteiger partial charge is 0.393 e. The van der Waals surface area contributed by atoms with Gasteiger partial charge in [-0.3, -0.25) is 4.74 Å². The highest BCUT2D eigenvalue weighted by molar-refractivity contribution is 4.61. The number of ether oxygens (including phenoxy) is 1. The van der Waals surface area contributed by atoms with Crippen LogP contribution in [0, 0.1) is 5.92 Å². The van der Waals surface area contributed by atoms with Gasteiger partial charge in [-0.2, -0.15) is 0 Å². The Morgan fingerprint density at radius 3 is 2.31 bits per heavy atom. The number of halogens is 3.